The number of hydrogen-bond acceptors (Lipinski definition) is 4. The van der Waals surface area contributed by atoms with Crippen molar-refractivity contribution in [3.05, 3.63) is 95.6 Å². The van der Waals surface area contributed by atoms with E-state index in [0.717, 1.165) is 25.7 Å². The fraction of sp³-hybridized carbons (Fsp3) is 0.333. The lowest BCUT2D eigenvalue weighted by Crippen LogP contribution is -2.20. The highest BCUT2D eigenvalue weighted by Gasteiger charge is 2.22. The summed E-state index contributed by atoms with van der Waals surface area (Å²) in [5, 5.41) is 2.79. The van der Waals surface area contributed by atoms with Crippen LogP contribution in [0.25, 0.3) is 0 Å². The number of hydrogen-bond donors (Lipinski definition) is 1. The number of amides is 1. The number of anilines is 1. The van der Waals surface area contributed by atoms with Gasteiger partial charge in [-0.25, -0.2) is 4.79 Å². The molecule has 1 N–H and O–H groups in total. The molecule has 0 heterocycles. The Kier molecular flexibility index (Phi) is 9.47. The van der Waals surface area contributed by atoms with E-state index in [1.807, 2.05) is 42.5 Å². The third kappa shape index (κ3) is 7.71. The van der Waals surface area contributed by atoms with Crippen LogP contribution in [0.3, 0.4) is 0 Å². The summed E-state index contributed by atoms with van der Waals surface area (Å²) in [6.07, 6.45) is 4.23. The molecule has 0 aliphatic carbocycles. The molecule has 0 atom stereocenters. The first-order valence-corrected chi connectivity index (χ1v) is 12.3. The molecule has 5 nitrogen and oxygen atoms in total. The van der Waals surface area contributed by atoms with Gasteiger partial charge in [-0.2, -0.15) is 0 Å². The van der Waals surface area contributed by atoms with Gasteiger partial charge in [0.25, 0.3) is 5.91 Å². The van der Waals surface area contributed by atoms with Crippen molar-refractivity contribution in [2.75, 3.05) is 18.5 Å². The zero-order valence-electron chi connectivity index (χ0n) is 20.9. The number of ether oxygens (including phenoxy) is 2. The van der Waals surface area contributed by atoms with Gasteiger partial charge in [0.15, 0.2) is 6.61 Å². The Bertz CT molecular complexity index is 1070. The first-order valence-electron chi connectivity index (χ1n) is 12.3. The monoisotopic (exact) mass is 473 g/mol. The minimum atomic E-state index is -0.346. The van der Waals surface area contributed by atoms with E-state index in [-0.39, 0.29) is 23.9 Å². The zero-order valence-corrected chi connectivity index (χ0v) is 20.9. The van der Waals surface area contributed by atoms with Gasteiger partial charge in [0.1, 0.15) is 5.75 Å². The number of esters is 1. The van der Waals surface area contributed by atoms with E-state index in [9.17, 15) is 9.59 Å². The third-order valence-electron chi connectivity index (χ3n) is 6.08. The molecule has 0 aliphatic heterocycles. The van der Waals surface area contributed by atoms with Crippen molar-refractivity contribution in [2.45, 2.75) is 51.9 Å². The Morgan fingerprint density at radius 1 is 0.800 bits per heavy atom. The van der Waals surface area contributed by atoms with E-state index in [2.05, 4.69) is 38.2 Å². The molecule has 0 spiro atoms. The number of carbonyl (C=O) groups excluding carboxylic acids is 2. The van der Waals surface area contributed by atoms with Crippen molar-refractivity contribution >= 4 is 17.6 Å². The highest BCUT2D eigenvalue weighted by molar-refractivity contribution is 5.93. The average molecular weight is 474 g/mol. The quantitative estimate of drug-likeness (QED) is 0.233. The molecule has 0 aliphatic rings. The van der Waals surface area contributed by atoms with Gasteiger partial charge in [-0.05, 0) is 53.9 Å². The van der Waals surface area contributed by atoms with Crippen LogP contribution in [0.15, 0.2) is 78.9 Å². The smallest absolute Gasteiger partial charge is 0.338 e. The summed E-state index contributed by atoms with van der Waals surface area (Å²) < 4.78 is 11.0. The van der Waals surface area contributed by atoms with E-state index in [0.29, 0.717) is 23.6 Å². The SMILES string of the molecule is CCCCCCOC(=O)c1ccc(NC(=O)COc2ccc(C(C)(C)c3ccccc3)cc2)cc1. The zero-order chi connectivity index (χ0) is 25.1. The van der Waals surface area contributed by atoms with Crippen molar-refractivity contribution in [1.82, 2.24) is 0 Å². The van der Waals surface area contributed by atoms with Crippen LogP contribution in [0.4, 0.5) is 5.69 Å². The predicted molar refractivity (Wildman–Crippen MR) is 140 cm³/mol. The van der Waals surface area contributed by atoms with Crippen LogP contribution in [0.1, 0.15) is 67.9 Å². The van der Waals surface area contributed by atoms with Crippen LogP contribution >= 0.6 is 0 Å². The molecule has 0 aromatic heterocycles. The van der Waals surface area contributed by atoms with Gasteiger partial charge < -0.3 is 14.8 Å². The Labute approximate surface area is 208 Å². The summed E-state index contributed by atoms with van der Waals surface area (Å²) in [5.41, 5.74) is 3.33. The number of benzene rings is 3. The van der Waals surface area contributed by atoms with Gasteiger partial charge in [0.05, 0.1) is 12.2 Å². The molecule has 0 saturated heterocycles. The van der Waals surface area contributed by atoms with Gasteiger partial charge in [0.2, 0.25) is 0 Å². The molecule has 3 aromatic carbocycles. The van der Waals surface area contributed by atoms with Gasteiger partial charge in [-0.15, -0.1) is 0 Å². The van der Waals surface area contributed by atoms with Gasteiger partial charge >= 0.3 is 5.97 Å². The van der Waals surface area contributed by atoms with Crippen molar-refractivity contribution in [2.24, 2.45) is 0 Å². The van der Waals surface area contributed by atoms with Gasteiger partial charge in [-0.1, -0.05) is 82.5 Å². The molecule has 1 amide bonds. The fourth-order valence-corrected chi connectivity index (χ4v) is 3.80. The second-order valence-electron chi connectivity index (χ2n) is 9.13. The molecule has 184 valence electrons. The van der Waals surface area contributed by atoms with E-state index >= 15 is 0 Å². The molecule has 0 fully saturated rings. The summed E-state index contributed by atoms with van der Waals surface area (Å²) in [6, 6.07) is 24.9. The topological polar surface area (TPSA) is 64.6 Å². The first kappa shape index (κ1) is 26.0. The number of nitrogens with one attached hydrogen (secondary N) is 1. The van der Waals surface area contributed by atoms with Crippen LogP contribution in [-0.4, -0.2) is 25.1 Å². The van der Waals surface area contributed by atoms with E-state index in [1.165, 1.54) is 11.1 Å². The van der Waals surface area contributed by atoms with Crippen molar-refractivity contribution < 1.29 is 19.1 Å². The van der Waals surface area contributed by atoms with E-state index in [1.54, 1.807) is 24.3 Å². The third-order valence-corrected chi connectivity index (χ3v) is 6.08. The molecular weight excluding hydrogens is 438 g/mol. The van der Waals surface area contributed by atoms with Crippen molar-refractivity contribution in [3.8, 4) is 5.75 Å². The molecule has 3 rings (SSSR count). The Morgan fingerprint density at radius 2 is 1.46 bits per heavy atom. The highest BCUT2D eigenvalue weighted by Crippen LogP contribution is 2.32. The maximum atomic E-state index is 12.3. The van der Waals surface area contributed by atoms with E-state index in [4.69, 9.17) is 9.47 Å². The summed E-state index contributed by atoms with van der Waals surface area (Å²) in [6.45, 7) is 6.83. The lowest BCUT2D eigenvalue weighted by Gasteiger charge is -2.26. The van der Waals surface area contributed by atoms with Crippen LogP contribution in [0.2, 0.25) is 0 Å². The molecule has 35 heavy (non-hydrogen) atoms. The van der Waals surface area contributed by atoms with Crippen LogP contribution in [0.5, 0.6) is 5.75 Å². The summed E-state index contributed by atoms with van der Waals surface area (Å²) >= 11 is 0. The molecule has 5 heteroatoms. The second kappa shape index (κ2) is 12.7. The molecular formula is C30H35NO4. The molecule has 0 unspecified atom stereocenters. The molecule has 0 radical (unpaired) electrons. The van der Waals surface area contributed by atoms with Crippen LogP contribution in [0, 0.1) is 0 Å². The number of rotatable bonds is 12. The van der Waals surface area contributed by atoms with Crippen LogP contribution in [-0.2, 0) is 14.9 Å². The number of carbonyl (C=O) groups is 2. The first-order chi connectivity index (χ1) is 16.9. The lowest BCUT2D eigenvalue weighted by molar-refractivity contribution is -0.118. The second-order valence-corrected chi connectivity index (χ2v) is 9.13. The maximum Gasteiger partial charge on any atom is 0.338 e. The normalized spacial score (nSPS) is 11.1. The van der Waals surface area contributed by atoms with Gasteiger partial charge in [0, 0.05) is 11.1 Å². The van der Waals surface area contributed by atoms with E-state index < -0.39 is 0 Å². The Balaban J connectivity index is 1.46. The van der Waals surface area contributed by atoms with Crippen molar-refractivity contribution in [3.63, 3.8) is 0 Å². The van der Waals surface area contributed by atoms with Gasteiger partial charge in [-0.3, -0.25) is 4.79 Å². The standard InChI is InChI=1S/C30H35NO4/c1-4-5-6-10-21-34-29(33)23-13-17-26(18-14-23)31-28(32)22-35-27-19-15-25(16-20-27)30(2,3)24-11-8-7-9-12-24/h7-9,11-20H,4-6,10,21-22H2,1-3H3,(H,31,32). The molecule has 0 saturated carbocycles. The summed E-state index contributed by atoms with van der Waals surface area (Å²) in [4.78, 5) is 24.4. The molecule has 0 bridgehead atoms. The fourth-order valence-electron chi connectivity index (χ4n) is 3.80. The van der Waals surface area contributed by atoms with Crippen LogP contribution < -0.4 is 10.1 Å². The predicted octanol–water partition coefficient (Wildman–Crippen LogP) is 6.77. The average Bonchev–Trinajstić information content (AvgIpc) is 2.88. The summed E-state index contributed by atoms with van der Waals surface area (Å²) in [7, 11) is 0. The largest absolute Gasteiger partial charge is 0.484 e. The summed E-state index contributed by atoms with van der Waals surface area (Å²) in [5.74, 6) is 0.0105. The highest BCUT2D eigenvalue weighted by atomic mass is 16.5. The van der Waals surface area contributed by atoms with Crippen molar-refractivity contribution in [1.29, 1.82) is 0 Å². The minimum absolute atomic E-state index is 0.108. The number of unbranched alkanes of at least 4 members (excludes halogenated alkanes) is 3. The maximum absolute atomic E-state index is 12.3. The lowest BCUT2D eigenvalue weighted by atomic mass is 9.78. The Hall–Kier alpha value is -3.60. The molecule has 3 aromatic rings. The minimum Gasteiger partial charge on any atom is -0.484 e. The Morgan fingerprint density at radius 3 is 2.11 bits per heavy atom.